The van der Waals surface area contributed by atoms with Crippen LogP contribution in [0.1, 0.15) is 19.3 Å². The van der Waals surface area contributed by atoms with Crippen LogP contribution in [0.3, 0.4) is 0 Å². The minimum Gasteiger partial charge on any atom is -0.333 e. The van der Waals surface area contributed by atoms with Gasteiger partial charge in [0, 0.05) is 12.1 Å². The number of nitrogens with zero attached hydrogens (tertiary/aromatic N) is 6. The lowest BCUT2D eigenvalue weighted by molar-refractivity contribution is 0.218. The number of likely N-dealkylation sites (tertiary alicyclic amines) is 1. The number of aromatic nitrogens is 5. The van der Waals surface area contributed by atoms with E-state index < -0.39 is 0 Å². The number of hydrogen-bond donors (Lipinski definition) is 0. The highest BCUT2D eigenvalue weighted by molar-refractivity contribution is 7.13. The molecule has 1 fully saturated rings. The van der Waals surface area contributed by atoms with Crippen molar-refractivity contribution in [3.8, 4) is 22.2 Å². The third-order valence-corrected chi connectivity index (χ3v) is 5.86. The quantitative estimate of drug-likeness (QED) is 0.526. The predicted octanol–water partition coefficient (Wildman–Crippen LogP) is 3.70. The molecule has 4 aromatic rings. The van der Waals surface area contributed by atoms with Gasteiger partial charge in [0.05, 0.1) is 16.9 Å². The molecule has 27 heavy (non-hydrogen) atoms. The first-order valence-electron chi connectivity index (χ1n) is 9.30. The van der Waals surface area contributed by atoms with Crippen LogP contribution in [0.25, 0.3) is 33.2 Å². The molecule has 1 aromatic carbocycles. The van der Waals surface area contributed by atoms with E-state index in [9.17, 15) is 0 Å². The van der Waals surface area contributed by atoms with Crippen LogP contribution in [-0.4, -0.2) is 49.7 Å². The molecule has 138 valence electrons. The molecule has 0 unspecified atom stereocenters. The standard InChI is InChI=1S/C19H20N6OS/c1-2-8-24(9-3-1)10-11-25-16-7-6-14(13-15(16)21-23-25)18-20-19(26-22-18)17-5-4-12-27-17/h4-7,12-13H,1-3,8-11H2. The molecular formula is C19H20N6OS. The van der Waals surface area contributed by atoms with Gasteiger partial charge in [0.15, 0.2) is 0 Å². The SMILES string of the molecule is c1csc(-c2nc(-c3ccc4c(c3)nnn4CCN3CCCCC3)no2)c1. The summed E-state index contributed by atoms with van der Waals surface area (Å²) in [5, 5.41) is 14.8. The number of rotatable bonds is 5. The molecule has 3 aromatic heterocycles. The van der Waals surface area contributed by atoms with Crippen LogP contribution in [0.5, 0.6) is 0 Å². The van der Waals surface area contributed by atoms with E-state index in [0.29, 0.717) is 11.7 Å². The monoisotopic (exact) mass is 380 g/mol. The van der Waals surface area contributed by atoms with Gasteiger partial charge in [-0.3, -0.25) is 0 Å². The molecule has 0 N–H and O–H groups in total. The van der Waals surface area contributed by atoms with Crippen molar-refractivity contribution >= 4 is 22.4 Å². The number of benzene rings is 1. The molecule has 0 amide bonds. The van der Waals surface area contributed by atoms with Gasteiger partial charge in [0.25, 0.3) is 5.89 Å². The van der Waals surface area contributed by atoms with E-state index in [1.54, 1.807) is 11.3 Å². The second-order valence-electron chi connectivity index (χ2n) is 6.82. The molecule has 5 rings (SSSR count). The highest BCUT2D eigenvalue weighted by atomic mass is 32.1. The van der Waals surface area contributed by atoms with Gasteiger partial charge in [-0.15, -0.1) is 16.4 Å². The van der Waals surface area contributed by atoms with Crippen LogP contribution in [0, 0.1) is 0 Å². The Hall–Kier alpha value is -2.58. The summed E-state index contributed by atoms with van der Waals surface area (Å²) in [4.78, 5) is 7.99. The summed E-state index contributed by atoms with van der Waals surface area (Å²) in [6, 6.07) is 9.97. The van der Waals surface area contributed by atoms with Crippen molar-refractivity contribution in [1.82, 2.24) is 30.0 Å². The molecule has 0 aliphatic carbocycles. The second-order valence-corrected chi connectivity index (χ2v) is 7.77. The summed E-state index contributed by atoms with van der Waals surface area (Å²) in [6.45, 7) is 4.28. The maximum absolute atomic E-state index is 5.39. The van der Waals surface area contributed by atoms with Crippen LogP contribution in [0.2, 0.25) is 0 Å². The van der Waals surface area contributed by atoms with Crippen molar-refractivity contribution < 1.29 is 4.52 Å². The van der Waals surface area contributed by atoms with E-state index in [-0.39, 0.29) is 0 Å². The molecule has 0 atom stereocenters. The fraction of sp³-hybridized carbons (Fsp3) is 0.368. The van der Waals surface area contributed by atoms with Crippen molar-refractivity contribution in [2.24, 2.45) is 0 Å². The third-order valence-electron chi connectivity index (χ3n) is 5.01. The highest BCUT2D eigenvalue weighted by Gasteiger charge is 2.14. The van der Waals surface area contributed by atoms with Gasteiger partial charge in [0.1, 0.15) is 5.52 Å². The Balaban J connectivity index is 1.35. The van der Waals surface area contributed by atoms with Gasteiger partial charge < -0.3 is 9.42 Å². The first-order chi connectivity index (χ1) is 13.4. The van der Waals surface area contributed by atoms with E-state index in [2.05, 4.69) is 25.4 Å². The summed E-state index contributed by atoms with van der Waals surface area (Å²) in [6.07, 6.45) is 3.97. The summed E-state index contributed by atoms with van der Waals surface area (Å²) in [5.41, 5.74) is 2.78. The summed E-state index contributed by atoms with van der Waals surface area (Å²) < 4.78 is 7.38. The average molecular weight is 380 g/mol. The Kier molecular flexibility index (Phi) is 4.43. The summed E-state index contributed by atoms with van der Waals surface area (Å²) in [5.74, 6) is 1.12. The minimum atomic E-state index is 0.547. The Bertz CT molecular complexity index is 1030. The maximum atomic E-state index is 5.39. The lowest BCUT2D eigenvalue weighted by Gasteiger charge is -2.26. The maximum Gasteiger partial charge on any atom is 0.268 e. The molecule has 1 saturated heterocycles. The van der Waals surface area contributed by atoms with Gasteiger partial charge in [-0.05, 0) is 55.6 Å². The first-order valence-corrected chi connectivity index (χ1v) is 10.2. The van der Waals surface area contributed by atoms with Crippen molar-refractivity contribution in [3.63, 3.8) is 0 Å². The lowest BCUT2D eigenvalue weighted by Crippen LogP contribution is -2.32. The lowest BCUT2D eigenvalue weighted by atomic mass is 10.1. The molecule has 0 radical (unpaired) electrons. The van der Waals surface area contributed by atoms with Crippen LogP contribution in [0.4, 0.5) is 0 Å². The van der Waals surface area contributed by atoms with Gasteiger partial charge in [0.2, 0.25) is 5.82 Å². The number of fused-ring (bicyclic) bond motifs is 1. The largest absolute Gasteiger partial charge is 0.333 e. The molecule has 0 saturated carbocycles. The zero-order valence-electron chi connectivity index (χ0n) is 14.9. The topological polar surface area (TPSA) is 72.9 Å². The molecular weight excluding hydrogens is 360 g/mol. The fourth-order valence-electron chi connectivity index (χ4n) is 3.54. The normalized spacial score (nSPS) is 15.6. The summed E-state index contributed by atoms with van der Waals surface area (Å²) in [7, 11) is 0. The zero-order valence-corrected chi connectivity index (χ0v) is 15.7. The van der Waals surface area contributed by atoms with Crippen molar-refractivity contribution in [3.05, 3.63) is 35.7 Å². The van der Waals surface area contributed by atoms with E-state index >= 15 is 0 Å². The number of piperidine rings is 1. The van der Waals surface area contributed by atoms with Crippen LogP contribution in [-0.2, 0) is 6.54 Å². The van der Waals surface area contributed by atoms with Crippen LogP contribution >= 0.6 is 11.3 Å². The van der Waals surface area contributed by atoms with E-state index in [1.165, 1.54) is 32.4 Å². The van der Waals surface area contributed by atoms with E-state index in [4.69, 9.17) is 4.52 Å². The van der Waals surface area contributed by atoms with Crippen molar-refractivity contribution in [2.75, 3.05) is 19.6 Å². The predicted molar refractivity (Wildman–Crippen MR) is 104 cm³/mol. The van der Waals surface area contributed by atoms with E-state index in [0.717, 1.165) is 34.6 Å². The van der Waals surface area contributed by atoms with Gasteiger partial charge in [-0.1, -0.05) is 22.9 Å². The van der Waals surface area contributed by atoms with Crippen LogP contribution < -0.4 is 0 Å². The molecule has 0 bridgehead atoms. The number of hydrogen-bond acceptors (Lipinski definition) is 7. The molecule has 8 heteroatoms. The molecule has 4 heterocycles. The Morgan fingerprint density at radius 2 is 2.00 bits per heavy atom. The second kappa shape index (κ2) is 7.21. The first kappa shape index (κ1) is 16.6. The highest BCUT2D eigenvalue weighted by Crippen LogP contribution is 2.27. The molecule has 1 aliphatic heterocycles. The summed E-state index contributed by atoms with van der Waals surface area (Å²) >= 11 is 1.58. The van der Waals surface area contributed by atoms with Crippen molar-refractivity contribution in [1.29, 1.82) is 0 Å². The number of thiophene rings is 1. The molecule has 1 aliphatic rings. The Labute approximate surface area is 160 Å². The minimum absolute atomic E-state index is 0.547. The van der Waals surface area contributed by atoms with Gasteiger partial charge >= 0.3 is 0 Å². The van der Waals surface area contributed by atoms with Crippen molar-refractivity contribution in [2.45, 2.75) is 25.8 Å². The average Bonchev–Trinajstić information content (AvgIpc) is 3.47. The fourth-order valence-corrected chi connectivity index (χ4v) is 4.18. The zero-order chi connectivity index (χ0) is 18.1. The van der Waals surface area contributed by atoms with E-state index in [1.807, 2.05) is 40.4 Å². The molecule has 7 nitrogen and oxygen atoms in total. The molecule has 0 spiro atoms. The van der Waals surface area contributed by atoms with Crippen LogP contribution in [0.15, 0.2) is 40.2 Å². The smallest absolute Gasteiger partial charge is 0.268 e. The Morgan fingerprint density at radius 1 is 1.07 bits per heavy atom. The Morgan fingerprint density at radius 3 is 2.85 bits per heavy atom. The third kappa shape index (κ3) is 3.38. The van der Waals surface area contributed by atoms with Gasteiger partial charge in [-0.2, -0.15) is 4.98 Å². The van der Waals surface area contributed by atoms with Gasteiger partial charge in [-0.25, -0.2) is 4.68 Å².